The topological polar surface area (TPSA) is 75.6 Å². The highest BCUT2D eigenvalue weighted by Crippen LogP contribution is 2.44. The van der Waals surface area contributed by atoms with Crippen molar-refractivity contribution in [2.45, 2.75) is 43.6 Å². The lowest BCUT2D eigenvalue weighted by molar-refractivity contribution is -0.138. The van der Waals surface area contributed by atoms with Crippen LogP contribution >= 0.6 is 0 Å². The van der Waals surface area contributed by atoms with Crippen molar-refractivity contribution in [1.82, 2.24) is 5.32 Å². The highest BCUT2D eigenvalue weighted by Gasteiger charge is 2.38. The third-order valence-corrected chi connectivity index (χ3v) is 5.76. The molecule has 1 saturated carbocycles. The fourth-order valence-corrected chi connectivity index (χ4v) is 4.54. The van der Waals surface area contributed by atoms with E-state index in [0.717, 1.165) is 24.0 Å². The molecule has 0 aliphatic heterocycles. The molecular formula is C22H23NO4. The van der Waals surface area contributed by atoms with Crippen LogP contribution in [0.15, 0.2) is 48.5 Å². The van der Waals surface area contributed by atoms with Gasteiger partial charge in [0.2, 0.25) is 0 Å². The van der Waals surface area contributed by atoms with Crippen LogP contribution < -0.4 is 5.32 Å². The first-order chi connectivity index (χ1) is 13.1. The molecule has 0 unspecified atom stereocenters. The number of fused-ring (bicyclic) bond motifs is 3. The molecular weight excluding hydrogens is 342 g/mol. The van der Waals surface area contributed by atoms with Crippen molar-refractivity contribution in [3.63, 3.8) is 0 Å². The number of nitrogens with one attached hydrogen (secondary N) is 1. The number of alkyl carbamates (subject to hydrolysis) is 1. The normalized spacial score (nSPS) is 17.2. The van der Waals surface area contributed by atoms with Gasteiger partial charge in [-0.3, -0.25) is 4.79 Å². The van der Waals surface area contributed by atoms with E-state index in [1.165, 1.54) is 11.1 Å². The lowest BCUT2D eigenvalue weighted by Crippen LogP contribution is -2.48. The standard InChI is InChI=1S/C22H23NO4/c24-20(25)13-22(11-5-6-12-22)23-21(26)27-14-19-17-9-3-1-7-15(17)16-8-2-4-10-18(16)19/h1-4,7-10,19H,5-6,11-14H2,(H,23,26)(H,24,25). The lowest BCUT2D eigenvalue weighted by atomic mass is 9.93. The molecule has 4 rings (SSSR count). The second kappa shape index (κ2) is 7.06. The van der Waals surface area contributed by atoms with E-state index in [1.807, 2.05) is 24.3 Å². The van der Waals surface area contributed by atoms with Gasteiger partial charge in [0.1, 0.15) is 6.61 Å². The molecule has 140 valence electrons. The van der Waals surface area contributed by atoms with E-state index < -0.39 is 17.6 Å². The molecule has 2 aromatic rings. The van der Waals surface area contributed by atoms with Crippen molar-refractivity contribution >= 4 is 12.1 Å². The monoisotopic (exact) mass is 365 g/mol. The maximum absolute atomic E-state index is 12.4. The van der Waals surface area contributed by atoms with Crippen LogP contribution in [0, 0.1) is 0 Å². The maximum atomic E-state index is 12.4. The summed E-state index contributed by atoms with van der Waals surface area (Å²) in [6, 6.07) is 16.4. The van der Waals surface area contributed by atoms with Crippen molar-refractivity contribution in [3.05, 3.63) is 59.7 Å². The quantitative estimate of drug-likeness (QED) is 0.828. The molecule has 0 aromatic heterocycles. The first-order valence-corrected chi connectivity index (χ1v) is 9.43. The molecule has 0 spiro atoms. The van der Waals surface area contributed by atoms with Crippen molar-refractivity contribution in [1.29, 1.82) is 0 Å². The fourth-order valence-electron chi connectivity index (χ4n) is 4.54. The molecule has 1 amide bonds. The molecule has 1 fully saturated rings. The summed E-state index contributed by atoms with van der Waals surface area (Å²) in [6.07, 6.45) is 2.64. The Bertz CT molecular complexity index is 825. The Morgan fingerprint density at radius 1 is 1.00 bits per heavy atom. The Morgan fingerprint density at radius 2 is 1.56 bits per heavy atom. The van der Waals surface area contributed by atoms with Gasteiger partial charge in [0, 0.05) is 5.92 Å². The van der Waals surface area contributed by atoms with Gasteiger partial charge in [0.25, 0.3) is 0 Å². The first kappa shape index (κ1) is 17.6. The van der Waals surface area contributed by atoms with E-state index >= 15 is 0 Å². The van der Waals surface area contributed by atoms with Gasteiger partial charge in [0.05, 0.1) is 12.0 Å². The molecule has 0 saturated heterocycles. The number of carboxylic acid groups (broad SMARTS) is 1. The minimum absolute atomic E-state index is 0.00199. The zero-order valence-electron chi connectivity index (χ0n) is 15.1. The summed E-state index contributed by atoms with van der Waals surface area (Å²) in [4.78, 5) is 23.6. The van der Waals surface area contributed by atoms with Gasteiger partial charge in [-0.25, -0.2) is 4.79 Å². The van der Waals surface area contributed by atoms with Crippen LogP contribution in [-0.4, -0.2) is 29.3 Å². The van der Waals surface area contributed by atoms with Crippen molar-refractivity contribution in [2.24, 2.45) is 0 Å². The van der Waals surface area contributed by atoms with Crippen molar-refractivity contribution in [3.8, 4) is 11.1 Å². The zero-order valence-corrected chi connectivity index (χ0v) is 15.1. The fraction of sp³-hybridized carbons (Fsp3) is 0.364. The van der Waals surface area contributed by atoms with E-state index in [9.17, 15) is 14.7 Å². The molecule has 5 nitrogen and oxygen atoms in total. The van der Waals surface area contributed by atoms with Crippen LogP contribution in [0.1, 0.15) is 49.1 Å². The number of hydrogen-bond donors (Lipinski definition) is 2. The number of hydrogen-bond acceptors (Lipinski definition) is 3. The predicted molar refractivity (Wildman–Crippen MR) is 102 cm³/mol. The van der Waals surface area contributed by atoms with E-state index in [0.29, 0.717) is 12.8 Å². The molecule has 2 aliphatic carbocycles. The number of rotatable bonds is 5. The van der Waals surface area contributed by atoms with Gasteiger partial charge < -0.3 is 15.2 Å². The molecule has 27 heavy (non-hydrogen) atoms. The number of carboxylic acids is 1. The zero-order chi connectivity index (χ0) is 18.9. The minimum Gasteiger partial charge on any atom is -0.481 e. The smallest absolute Gasteiger partial charge is 0.407 e. The largest absolute Gasteiger partial charge is 0.481 e. The summed E-state index contributed by atoms with van der Waals surface area (Å²) >= 11 is 0. The second-order valence-electron chi connectivity index (χ2n) is 7.51. The van der Waals surface area contributed by atoms with E-state index in [2.05, 4.69) is 29.6 Å². The van der Waals surface area contributed by atoms with Crippen LogP contribution in [0.4, 0.5) is 4.79 Å². The average molecular weight is 365 g/mol. The highest BCUT2D eigenvalue weighted by atomic mass is 16.5. The Kier molecular flexibility index (Phi) is 4.60. The second-order valence-corrected chi connectivity index (χ2v) is 7.51. The molecule has 0 bridgehead atoms. The molecule has 2 N–H and O–H groups in total. The Hall–Kier alpha value is -2.82. The van der Waals surface area contributed by atoms with Gasteiger partial charge in [-0.2, -0.15) is 0 Å². The van der Waals surface area contributed by atoms with Crippen LogP contribution in [0.25, 0.3) is 11.1 Å². The van der Waals surface area contributed by atoms with Gasteiger partial charge in [-0.05, 0) is 35.1 Å². The lowest BCUT2D eigenvalue weighted by Gasteiger charge is -2.28. The van der Waals surface area contributed by atoms with Crippen molar-refractivity contribution < 1.29 is 19.4 Å². The van der Waals surface area contributed by atoms with Gasteiger partial charge in [-0.15, -0.1) is 0 Å². The van der Waals surface area contributed by atoms with E-state index in [1.54, 1.807) is 0 Å². The van der Waals surface area contributed by atoms with E-state index in [4.69, 9.17) is 4.74 Å². The number of ether oxygens (including phenoxy) is 1. The Morgan fingerprint density at radius 3 is 2.11 bits per heavy atom. The molecule has 0 heterocycles. The number of amides is 1. The van der Waals surface area contributed by atoms with Gasteiger partial charge in [-0.1, -0.05) is 61.4 Å². The van der Waals surface area contributed by atoms with Crippen LogP contribution in [-0.2, 0) is 9.53 Å². The average Bonchev–Trinajstić information content (AvgIpc) is 3.22. The Balaban J connectivity index is 1.47. The predicted octanol–water partition coefficient (Wildman–Crippen LogP) is 4.31. The SMILES string of the molecule is O=C(O)CC1(NC(=O)OCC2c3ccccc3-c3ccccc32)CCCC1. The van der Waals surface area contributed by atoms with Crippen molar-refractivity contribution in [2.75, 3.05) is 6.61 Å². The van der Waals surface area contributed by atoms with Gasteiger partial charge >= 0.3 is 12.1 Å². The third-order valence-electron chi connectivity index (χ3n) is 5.76. The third kappa shape index (κ3) is 3.42. The molecule has 5 heteroatoms. The summed E-state index contributed by atoms with van der Waals surface area (Å²) in [6.45, 7) is 0.239. The van der Waals surface area contributed by atoms with E-state index in [-0.39, 0.29) is 18.9 Å². The van der Waals surface area contributed by atoms with Crippen LogP contribution in [0.2, 0.25) is 0 Å². The number of benzene rings is 2. The number of aliphatic carboxylic acids is 1. The summed E-state index contributed by atoms with van der Waals surface area (Å²) in [5, 5.41) is 12.0. The van der Waals surface area contributed by atoms with Crippen LogP contribution in [0.5, 0.6) is 0 Å². The number of carbonyl (C=O) groups is 2. The minimum atomic E-state index is -0.893. The Labute approximate surface area is 158 Å². The van der Waals surface area contributed by atoms with Gasteiger partial charge in [0.15, 0.2) is 0 Å². The summed E-state index contributed by atoms with van der Waals surface area (Å²) < 4.78 is 5.57. The van der Waals surface area contributed by atoms with Crippen LogP contribution in [0.3, 0.4) is 0 Å². The maximum Gasteiger partial charge on any atom is 0.407 e. The molecule has 0 radical (unpaired) electrons. The first-order valence-electron chi connectivity index (χ1n) is 9.43. The summed E-state index contributed by atoms with van der Waals surface area (Å²) in [5.41, 5.74) is 4.01. The molecule has 0 atom stereocenters. The molecule has 2 aliphatic rings. The summed E-state index contributed by atoms with van der Waals surface area (Å²) in [5.74, 6) is -0.891. The summed E-state index contributed by atoms with van der Waals surface area (Å²) in [7, 11) is 0. The highest BCUT2D eigenvalue weighted by molar-refractivity contribution is 5.79. The molecule has 2 aromatic carbocycles. The number of carbonyl (C=O) groups excluding carboxylic acids is 1.